The first-order chi connectivity index (χ1) is 9.69. The molecule has 5 heteroatoms. The number of carboxylic acids is 1. The number of hydrogen-bond acceptors (Lipinski definition) is 3. The molecule has 2 aromatic heterocycles. The predicted molar refractivity (Wildman–Crippen MR) is 79.4 cm³/mol. The van der Waals surface area contributed by atoms with Gasteiger partial charge in [-0.25, -0.2) is 4.79 Å². The second-order valence-electron chi connectivity index (χ2n) is 5.23. The summed E-state index contributed by atoms with van der Waals surface area (Å²) in [5.41, 5.74) is 0.940. The Balaban J connectivity index is 2.01. The van der Waals surface area contributed by atoms with Gasteiger partial charge in [0.15, 0.2) is 0 Å². The molecule has 1 aliphatic carbocycles. The van der Waals surface area contributed by atoms with Crippen molar-refractivity contribution in [3.63, 3.8) is 0 Å². The highest BCUT2D eigenvalue weighted by Crippen LogP contribution is 2.34. The number of hydrogen-bond donors (Lipinski definition) is 1. The third kappa shape index (κ3) is 2.38. The third-order valence-electron chi connectivity index (χ3n) is 3.90. The molecule has 0 radical (unpaired) electrons. The molecule has 3 rings (SSSR count). The molecule has 0 aliphatic heterocycles. The summed E-state index contributed by atoms with van der Waals surface area (Å²) in [6.07, 6.45) is 7.30. The van der Waals surface area contributed by atoms with Gasteiger partial charge in [-0.2, -0.15) is 5.10 Å². The molecule has 1 aliphatic rings. The van der Waals surface area contributed by atoms with E-state index in [1.165, 1.54) is 17.7 Å². The van der Waals surface area contributed by atoms with E-state index < -0.39 is 5.97 Å². The average Bonchev–Trinajstić information content (AvgIpc) is 3.17. The van der Waals surface area contributed by atoms with Crippen LogP contribution >= 0.6 is 11.3 Å². The average molecular weight is 290 g/mol. The number of thiophene rings is 1. The molecule has 0 spiro atoms. The van der Waals surface area contributed by atoms with Crippen LogP contribution in [0.5, 0.6) is 0 Å². The maximum atomic E-state index is 11.5. The standard InChI is InChI=1S/C15H18N2O2S/c1-2-11-7-8-13(20-11)14-12(15(18)19)9-17(16-14)10-5-3-4-6-10/h7-10H,2-6H2,1H3,(H,18,19). The third-order valence-corrected chi connectivity index (χ3v) is 5.14. The van der Waals surface area contributed by atoms with Crippen molar-refractivity contribution in [2.45, 2.75) is 45.1 Å². The van der Waals surface area contributed by atoms with E-state index in [1.54, 1.807) is 17.5 Å². The van der Waals surface area contributed by atoms with Crippen LogP contribution in [0.2, 0.25) is 0 Å². The van der Waals surface area contributed by atoms with Crippen LogP contribution in [-0.4, -0.2) is 20.9 Å². The van der Waals surface area contributed by atoms with Gasteiger partial charge in [-0.1, -0.05) is 19.8 Å². The summed E-state index contributed by atoms with van der Waals surface area (Å²) in [4.78, 5) is 13.7. The van der Waals surface area contributed by atoms with Gasteiger partial charge in [0.25, 0.3) is 0 Å². The van der Waals surface area contributed by atoms with Gasteiger partial charge >= 0.3 is 5.97 Å². The molecule has 0 aromatic carbocycles. The highest BCUT2D eigenvalue weighted by molar-refractivity contribution is 7.15. The van der Waals surface area contributed by atoms with Gasteiger partial charge in [0, 0.05) is 11.1 Å². The van der Waals surface area contributed by atoms with E-state index in [1.807, 2.05) is 10.7 Å². The Labute approximate surface area is 122 Å². The van der Waals surface area contributed by atoms with E-state index in [4.69, 9.17) is 0 Å². The van der Waals surface area contributed by atoms with Crippen LogP contribution < -0.4 is 0 Å². The summed E-state index contributed by atoms with van der Waals surface area (Å²) in [6.45, 7) is 2.10. The molecular formula is C15H18N2O2S. The van der Waals surface area contributed by atoms with E-state index in [9.17, 15) is 9.90 Å². The van der Waals surface area contributed by atoms with E-state index >= 15 is 0 Å². The molecule has 0 bridgehead atoms. The first-order valence-electron chi connectivity index (χ1n) is 7.10. The molecule has 1 N–H and O–H groups in total. The summed E-state index contributed by atoms with van der Waals surface area (Å²) in [5.74, 6) is -0.893. The topological polar surface area (TPSA) is 55.1 Å². The number of nitrogens with zero attached hydrogens (tertiary/aromatic N) is 2. The van der Waals surface area contributed by atoms with Gasteiger partial charge in [0.05, 0.1) is 10.9 Å². The number of aromatic nitrogens is 2. The maximum absolute atomic E-state index is 11.5. The molecule has 2 aromatic rings. The fraction of sp³-hybridized carbons (Fsp3) is 0.467. The summed E-state index contributed by atoms with van der Waals surface area (Å²) < 4.78 is 1.87. The van der Waals surface area contributed by atoms with E-state index in [-0.39, 0.29) is 0 Å². The number of aryl methyl sites for hydroxylation is 1. The minimum absolute atomic E-state index is 0.321. The Hall–Kier alpha value is -1.62. The minimum atomic E-state index is -0.893. The van der Waals surface area contributed by atoms with Crippen molar-refractivity contribution < 1.29 is 9.90 Å². The number of carbonyl (C=O) groups is 1. The van der Waals surface area contributed by atoms with Crippen molar-refractivity contribution >= 4 is 17.3 Å². The quantitative estimate of drug-likeness (QED) is 0.926. The Kier molecular flexibility index (Phi) is 3.61. The lowest BCUT2D eigenvalue weighted by Crippen LogP contribution is -2.05. The summed E-state index contributed by atoms with van der Waals surface area (Å²) in [5, 5.41) is 14.0. The molecule has 0 atom stereocenters. The maximum Gasteiger partial charge on any atom is 0.339 e. The van der Waals surface area contributed by atoms with E-state index in [2.05, 4.69) is 18.1 Å². The van der Waals surface area contributed by atoms with Crippen molar-refractivity contribution in [3.05, 3.63) is 28.8 Å². The highest BCUT2D eigenvalue weighted by atomic mass is 32.1. The number of rotatable bonds is 4. The van der Waals surface area contributed by atoms with Crippen molar-refractivity contribution in [1.82, 2.24) is 9.78 Å². The second-order valence-corrected chi connectivity index (χ2v) is 6.40. The fourth-order valence-corrected chi connectivity index (χ4v) is 3.73. The van der Waals surface area contributed by atoms with Crippen LogP contribution in [0, 0.1) is 0 Å². The first kappa shape index (κ1) is 13.4. The molecule has 1 fully saturated rings. The van der Waals surface area contributed by atoms with Crippen LogP contribution in [0.1, 0.15) is 53.9 Å². The van der Waals surface area contributed by atoms with Crippen molar-refractivity contribution in [1.29, 1.82) is 0 Å². The van der Waals surface area contributed by atoms with Gasteiger partial charge in [-0.05, 0) is 31.4 Å². The lowest BCUT2D eigenvalue weighted by Gasteiger charge is -2.08. The molecule has 1 saturated carbocycles. The van der Waals surface area contributed by atoms with Gasteiger partial charge in [-0.15, -0.1) is 11.3 Å². The highest BCUT2D eigenvalue weighted by Gasteiger charge is 2.23. The van der Waals surface area contributed by atoms with Gasteiger partial charge in [0.2, 0.25) is 0 Å². The second kappa shape index (κ2) is 5.40. The Morgan fingerprint density at radius 2 is 2.20 bits per heavy atom. The normalized spacial score (nSPS) is 15.8. The molecule has 0 amide bonds. The van der Waals surface area contributed by atoms with E-state index in [0.29, 0.717) is 17.3 Å². The lowest BCUT2D eigenvalue weighted by atomic mass is 10.2. The zero-order valence-electron chi connectivity index (χ0n) is 11.5. The van der Waals surface area contributed by atoms with Crippen molar-refractivity contribution in [2.75, 3.05) is 0 Å². The molecular weight excluding hydrogens is 272 g/mol. The van der Waals surface area contributed by atoms with Crippen LogP contribution in [0.15, 0.2) is 18.3 Å². The molecule has 106 valence electrons. The molecule has 2 heterocycles. The molecule has 0 saturated heterocycles. The Morgan fingerprint density at radius 1 is 1.45 bits per heavy atom. The SMILES string of the molecule is CCc1ccc(-c2nn(C3CCCC3)cc2C(=O)O)s1. The Morgan fingerprint density at radius 3 is 2.80 bits per heavy atom. The minimum Gasteiger partial charge on any atom is -0.478 e. The van der Waals surface area contributed by atoms with Crippen molar-refractivity contribution in [2.24, 2.45) is 0 Å². The largest absolute Gasteiger partial charge is 0.478 e. The van der Waals surface area contributed by atoms with E-state index in [0.717, 1.165) is 24.1 Å². The summed E-state index contributed by atoms with van der Waals surface area (Å²) >= 11 is 1.63. The van der Waals surface area contributed by atoms with Crippen LogP contribution in [-0.2, 0) is 6.42 Å². The van der Waals surface area contributed by atoms with Crippen LogP contribution in [0.25, 0.3) is 10.6 Å². The zero-order chi connectivity index (χ0) is 14.1. The zero-order valence-corrected chi connectivity index (χ0v) is 12.3. The predicted octanol–water partition coefficient (Wildman–Crippen LogP) is 3.99. The molecule has 0 unspecified atom stereocenters. The number of aromatic carboxylic acids is 1. The molecule has 4 nitrogen and oxygen atoms in total. The van der Waals surface area contributed by atoms with Crippen molar-refractivity contribution in [3.8, 4) is 10.6 Å². The number of carboxylic acid groups (broad SMARTS) is 1. The summed E-state index contributed by atoms with van der Waals surface area (Å²) in [7, 11) is 0. The summed E-state index contributed by atoms with van der Waals surface area (Å²) in [6, 6.07) is 4.41. The van der Waals surface area contributed by atoms with Crippen LogP contribution in [0.3, 0.4) is 0 Å². The lowest BCUT2D eigenvalue weighted by molar-refractivity contribution is 0.0697. The smallest absolute Gasteiger partial charge is 0.339 e. The van der Waals surface area contributed by atoms with Gasteiger partial charge in [-0.3, -0.25) is 4.68 Å². The fourth-order valence-electron chi connectivity index (χ4n) is 2.78. The van der Waals surface area contributed by atoms with Crippen LogP contribution in [0.4, 0.5) is 0 Å². The van der Waals surface area contributed by atoms with Gasteiger partial charge in [0.1, 0.15) is 11.3 Å². The van der Waals surface area contributed by atoms with Gasteiger partial charge < -0.3 is 5.11 Å². The first-order valence-corrected chi connectivity index (χ1v) is 7.92. The molecule has 20 heavy (non-hydrogen) atoms. The Bertz CT molecular complexity index is 624. The monoisotopic (exact) mass is 290 g/mol.